The molecule has 1 aromatic rings. The number of aromatic nitrogens is 2. The molecule has 0 aliphatic carbocycles. The SMILES string of the molecule is Cc1nn(C)c(N2CCN(C(C)C)CC2)c1CCN. The van der Waals surface area contributed by atoms with E-state index in [1.54, 1.807) is 0 Å². The molecule has 5 heteroatoms. The van der Waals surface area contributed by atoms with Crippen LogP contribution >= 0.6 is 0 Å². The van der Waals surface area contributed by atoms with Gasteiger partial charge < -0.3 is 10.6 Å². The summed E-state index contributed by atoms with van der Waals surface area (Å²) in [4.78, 5) is 4.99. The van der Waals surface area contributed by atoms with E-state index < -0.39 is 0 Å². The zero-order chi connectivity index (χ0) is 14.0. The van der Waals surface area contributed by atoms with Crippen molar-refractivity contribution in [1.82, 2.24) is 14.7 Å². The maximum absolute atomic E-state index is 5.74. The summed E-state index contributed by atoms with van der Waals surface area (Å²) in [5, 5.41) is 4.56. The first-order chi connectivity index (χ1) is 9.04. The van der Waals surface area contributed by atoms with Crippen molar-refractivity contribution in [1.29, 1.82) is 0 Å². The summed E-state index contributed by atoms with van der Waals surface area (Å²) in [6, 6.07) is 0.638. The van der Waals surface area contributed by atoms with Gasteiger partial charge in [-0.15, -0.1) is 0 Å². The van der Waals surface area contributed by atoms with Crippen molar-refractivity contribution in [2.45, 2.75) is 33.2 Å². The number of hydrogen-bond donors (Lipinski definition) is 1. The van der Waals surface area contributed by atoms with Crippen LogP contribution in [0.2, 0.25) is 0 Å². The van der Waals surface area contributed by atoms with Gasteiger partial charge in [-0.25, -0.2) is 0 Å². The second-order valence-electron chi connectivity index (χ2n) is 5.67. The number of rotatable bonds is 4. The second kappa shape index (κ2) is 5.92. The average Bonchev–Trinajstić information content (AvgIpc) is 2.65. The van der Waals surface area contributed by atoms with Crippen molar-refractivity contribution in [2.24, 2.45) is 12.8 Å². The molecule has 0 bridgehead atoms. The number of anilines is 1. The van der Waals surface area contributed by atoms with Crippen molar-refractivity contribution in [3.05, 3.63) is 11.3 Å². The molecular formula is C14H27N5. The van der Waals surface area contributed by atoms with Gasteiger partial charge in [0.2, 0.25) is 0 Å². The Morgan fingerprint density at radius 1 is 1.21 bits per heavy atom. The predicted octanol–water partition coefficient (Wildman–Crippen LogP) is 0.760. The highest BCUT2D eigenvalue weighted by Gasteiger charge is 2.24. The van der Waals surface area contributed by atoms with Crippen LogP contribution in [0.3, 0.4) is 0 Å². The van der Waals surface area contributed by atoms with Crippen LogP contribution in [0.5, 0.6) is 0 Å². The zero-order valence-corrected chi connectivity index (χ0v) is 12.7. The highest BCUT2D eigenvalue weighted by atomic mass is 15.4. The van der Waals surface area contributed by atoms with E-state index in [9.17, 15) is 0 Å². The van der Waals surface area contributed by atoms with E-state index in [1.807, 2.05) is 11.7 Å². The first kappa shape index (κ1) is 14.3. The fourth-order valence-electron chi connectivity index (χ4n) is 2.97. The van der Waals surface area contributed by atoms with Crippen LogP contribution in [-0.4, -0.2) is 53.4 Å². The Hall–Kier alpha value is -1.07. The average molecular weight is 265 g/mol. The molecule has 5 nitrogen and oxygen atoms in total. The van der Waals surface area contributed by atoms with Crippen LogP contribution in [0.4, 0.5) is 5.82 Å². The van der Waals surface area contributed by atoms with Crippen LogP contribution < -0.4 is 10.6 Å². The molecule has 1 aliphatic heterocycles. The van der Waals surface area contributed by atoms with Gasteiger partial charge in [0, 0.05) is 44.8 Å². The van der Waals surface area contributed by atoms with Crippen molar-refractivity contribution >= 4 is 5.82 Å². The highest BCUT2D eigenvalue weighted by Crippen LogP contribution is 2.25. The third kappa shape index (κ3) is 2.92. The van der Waals surface area contributed by atoms with Crippen LogP contribution in [0, 0.1) is 6.92 Å². The van der Waals surface area contributed by atoms with Crippen LogP contribution in [0.15, 0.2) is 0 Å². The van der Waals surface area contributed by atoms with Crippen LogP contribution in [0.25, 0.3) is 0 Å². The third-order valence-corrected chi connectivity index (χ3v) is 4.05. The minimum absolute atomic E-state index is 0.638. The highest BCUT2D eigenvalue weighted by molar-refractivity contribution is 5.50. The summed E-state index contributed by atoms with van der Waals surface area (Å²) in [6.45, 7) is 11.7. The molecule has 2 heterocycles. The van der Waals surface area contributed by atoms with E-state index in [0.29, 0.717) is 12.6 Å². The van der Waals surface area contributed by atoms with Gasteiger partial charge in [0.15, 0.2) is 0 Å². The van der Waals surface area contributed by atoms with Gasteiger partial charge in [-0.3, -0.25) is 9.58 Å². The van der Waals surface area contributed by atoms with E-state index in [0.717, 1.165) is 38.3 Å². The number of nitrogens with zero attached hydrogens (tertiary/aromatic N) is 4. The van der Waals surface area contributed by atoms with Crippen molar-refractivity contribution in [3.63, 3.8) is 0 Å². The number of hydrogen-bond acceptors (Lipinski definition) is 4. The summed E-state index contributed by atoms with van der Waals surface area (Å²) in [7, 11) is 2.04. The second-order valence-corrected chi connectivity index (χ2v) is 5.67. The number of piperazine rings is 1. The lowest BCUT2D eigenvalue weighted by molar-refractivity contribution is 0.208. The van der Waals surface area contributed by atoms with Gasteiger partial charge in [0.1, 0.15) is 5.82 Å². The van der Waals surface area contributed by atoms with E-state index in [-0.39, 0.29) is 0 Å². The third-order valence-electron chi connectivity index (χ3n) is 4.05. The van der Waals surface area contributed by atoms with Crippen LogP contribution in [0.1, 0.15) is 25.1 Å². The Balaban J connectivity index is 2.15. The van der Waals surface area contributed by atoms with Crippen molar-refractivity contribution < 1.29 is 0 Å². The summed E-state index contributed by atoms with van der Waals surface area (Å²) in [5.41, 5.74) is 8.18. The normalized spacial score (nSPS) is 17.5. The monoisotopic (exact) mass is 265 g/mol. The van der Waals surface area contributed by atoms with Gasteiger partial charge in [-0.2, -0.15) is 5.10 Å². The topological polar surface area (TPSA) is 50.3 Å². The molecule has 0 spiro atoms. The van der Waals surface area contributed by atoms with Gasteiger partial charge in [0.25, 0.3) is 0 Å². The Morgan fingerprint density at radius 2 is 1.84 bits per heavy atom. The Bertz CT molecular complexity index is 416. The summed E-state index contributed by atoms with van der Waals surface area (Å²) < 4.78 is 2.02. The molecule has 2 rings (SSSR count). The maximum Gasteiger partial charge on any atom is 0.130 e. The van der Waals surface area contributed by atoms with Crippen molar-refractivity contribution in [2.75, 3.05) is 37.6 Å². The molecule has 0 atom stereocenters. The lowest BCUT2D eigenvalue weighted by atomic mass is 10.1. The summed E-state index contributed by atoms with van der Waals surface area (Å²) >= 11 is 0. The Morgan fingerprint density at radius 3 is 2.37 bits per heavy atom. The first-order valence-corrected chi connectivity index (χ1v) is 7.26. The molecule has 1 fully saturated rings. The van der Waals surface area contributed by atoms with E-state index in [4.69, 9.17) is 5.73 Å². The van der Waals surface area contributed by atoms with Gasteiger partial charge in [0.05, 0.1) is 5.69 Å². The fraction of sp³-hybridized carbons (Fsp3) is 0.786. The van der Waals surface area contributed by atoms with E-state index in [2.05, 4.69) is 35.7 Å². The summed E-state index contributed by atoms with van der Waals surface area (Å²) in [6.07, 6.45) is 0.916. The molecule has 19 heavy (non-hydrogen) atoms. The molecule has 1 aromatic heterocycles. The molecule has 0 saturated carbocycles. The van der Waals surface area contributed by atoms with Gasteiger partial charge >= 0.3 is 0 Å². The smallest absolute Gasteiger partial charge is 0.130 e. The van der Waals surface area contributed by atoms with E-state index in [1.165, 1.54) is 11.4 Å². The largest absolute Gasteiger partial charge is 0.354 e. The quantitative estimate of drug-likeness (QED) is 0.873. The number of nitrogens with two attached hydrogens (primary N) is 1. The Kier molecular flexibility index (Phi) is 4.47. The molecule has 0 unspecified atom stereocenters. The molecule has 1 aliphatic rings. The van der Waals surface area contributed by atoms with Crippen molar-refractivity contribution in [3.8, 4) is 0 Å². The minimum Gasteiger partial charge on any atom is -0.354 e. The molecule has 1 saturated heterocycles. The van der Waals surface area contributed by atoms with Crippen LogP contribution in [-0.2, 0) is 13.5 Å². The molecular weight excluding hydrogens is 238 g/mol. The van der Waals surface area contributed by atoms with Gasteiger partial charge in [-0.05, 0) is 33.7 Å². The molecule has 2 N–H and O–H groups in total. The lowest BCUT2D eigenvalue weighted by Gasteiger charge is -2.38. The lowest BCUT2D eigenvalue weighted by Crippen LogP contribution is -2.49. The van der Waals surface area contributed by atoms with E-state index >= 15 is 0 Å². The number of aryl methyl sites for hydroxylation is 2. The summed E-state index contributed by atoms with van der Waals surface area (Å²) in [5.74, 6) is 1.27. The Labute approximate surface area is 116 Å². The standard InChI is InChI=1S/C14H27N5/c1-11(2)18-7-9-19(10-8-18)14-13(5-6-15)12(3)16-17(14)4/h11H,5-10,15H2,1-4H3. The minimum atomic E-state index is 0.638. The maximum atomic E-state index is 5.74. The molecule has 108 valence electrons. The molecule has 0 amide bonds. The molecule has 0 radical (unpaired) electrons. The van der Waals surface area contributed by atoms with Gasteiger partial charge in [-0.1, -0.05) is 0 Å². The fourth-order valence-corrected chi connectivity index (χ4v) is 2.97. The molecule has 0 aromatic carbocycles. The predicted molar refractivity (Wildman–Crippen MR) is 79.6 cm³/mol. The first-order valence-electron chi connectivity index (χ1n) is 7.26. The zero-order valence-electron chi connectivity index (χ0n) is 12.7.